The molecular formula is C13H13BrN2O4. The summed E-state index contributed by atoms with van der Waals surface area (Å²) in [6.45, 7) is 0.0781. The van der Waals surface area contributed by atoms with Gasteiger partial charge in [0.15, 0.2) is 17.3 Å². The number of benzene rings is 1. The monoisotopic (exact) mass is 340 g/mol. The molecule has 6 nitrogen and oxygen atoms in total. The van der Waals surface area contributed by atoms with Crippen LogP contribution in [0.1, 0.15) is 16.1 Å². The van der Waals surface area contributed by atoms with E-state index in [1.807, 2.05) is 12.1 Å². The molecule has 1 amide bonds. The third kappa shape index (κ3) is 2.94. The second-order valence-electron chi connectivity index (χ2n) is 3.79. The molecule has 0 saturated carbocycles. The minimum atomic E-state index is -0.434. The van der Waals surface area contributed by atoms with Crippen molar-refractivity contribution >= 4 is 21.8 Å². The first-order valence-corrected chi connectivity index (χ1v) is 6.49. The van der Waals surface area contributed by atoms with Gasteiger partial charge in [-0.05, 0) is 34.1 Å². The zero-order chi connectivity index (χ0) is 14.5. The van der Waals surface area contributed by atoms with E-state index in [9.17, 15) is 4.79 Å². The molecule has 1 aromatic carbocycles. The summed E-state index contributed by atoms with van der Waals surface area (Å²) in [6.07, 6.45) is 1.40. The zero-order valence-corrected chi connectivity index (χ0v) is 12.3. The van der Waals surface area contributed by atoms with Crippen molar-refractivity contribution in [1.29, 1.82) is 0 Å². The molecule has 0 aliphatic rings. The van der Waals surface area contributed by atoms with Crippen LogP contribution in [0, 0.1) is 0 Å². The number of nitrogens with one attached hydrogen (secondary N) is 1. The Morgan fingerprint density at radius 3 is 2.95 bits per heavy atom. The predicted molar refractivity (Wildman–Crippen MR) is 75.4 cm³/mol. The lowest BCUT2D eigenvalue weighted by Crippen LogP contribution is -2.30. The number of halogens is 1. The van der Waals surface area contributed by atoms with E-state index in [0.29, 0.717) is 22.8 Å². The number of hydrogen-bond acceptors (Lipinski definition) is 5. The Hall–Kier alpha value is -1.99. The lowest BCUT2D eigenvalue weighted by atomic mass is 10.2. The molecule has 2 aromatic rings. The van der Waals surface area contributed by atoms with Gasteiger partial charge < -0.3 is 13.9 Å². The van der Waals surface area contributed by atoms with Crippen molar-refractivity contribution in [3.63, 3.8) is 0 Å². The molecule has 0 atom stereocenters. The Morgan fingerprint density at radius 2 is 2.25 bits per heavy atom. The van der Waals surface area contributed by atoms with Gasteiger partial charge in [0, 0.05) is 0 Å². The average Bonchev–Trinajstić information content (AvgIpc) is 2.93. The third-order valence-corrected chi connectivity index (χ3v) is 3.24. The van der Waals surface area contributed by atoms with Crippen LogP contribution in [-0.2, 0) is 6.61 Å². The molecule has 0 saturated heterocycles. The zero-order valence-electron chi connectivity index (χ0n) is 10.7. The highest BCUT2D eigenvalue weighted by molar-refractivity contribution is 9.10. The van der Waals surface area contributed by atoms with Crippen LogP contribution in [0.5, 0.6) is 11.5 Å². The number of methoxy groups -OCH3 is 1. The fourth-order valence-electron chi connectivity index (χ4n) is 1.66. The van der Waals surface area contributed by atoms with Gasteiger partial charge in [-0.25, -0.2) is 5.84 Å². The molecule has 1 heterocycles. The van der Waals surface area contributed by atoms with Crippen LogP contribution in [0.25, 0.3) is 0 Å². The van der Waals surface area contributed by atoms with Crippen LogP contribution < -0.4 is 20.7 Å². The summed E-state index contributed by atoms with van der Waals surface area (Å²) >= 11 is 3.38. The van der Waals surface area contributed by atoms with Gasteiger partial charge in [0.2, 0.25) is 0 Å². The maximum absolute atomic E-state index is 11.5. The molecule has 0 spiro atoms. The van der Waals surface area contributed by atoms with Gasteiger partial charge >= 0.3 is 0 Å². The van der Waals surface area contributed by atoms with Gasteiger partial charge in [-0.2, -0.15) is 0 Å². The number of nitrogens with two attached hydrogens (primary N) is 1. The van der Waals surface area contributed by atoms with Gasteiger partial charge in [0.25, 0.3) is 5.91 Å². The van der Waals surface area contributed by atoms with Gasteiger partial charge in [0.1, 0.15) is 6.61 Å². The van der Waals surface area contributed by atoms with E-state index in [2.05, 4.69) is 21.4 Å². The van der Waals surface area contributed by atoms with Crippen LogP contribution in [0.3, 0.4) is 0 Å². The Labute approximate surface area is 123 Å². The largest absolute Gasteiger partial charge is 0.493 e. The Morgan fingerprint density at radius 1 is 1.45 bits per heavy atom. The number of rotatable bonds is 5. The average molecular weight is 341 g/mol. The maximum Gasteiger partial charge on any atom is 0.268 e. The van der Waals surface area contributed by atoms with Gasteiger partial charge in [-0.15, -0.1) is 0 Å². The van der Waals surface area contributed by atoms with Crippen molar-refractivity contribution in [2.45, 2.75) is 6.61 Å². The van der Waals surface area contributed by atoms with E-state index < -0.39 is 5.91 Å². The molecule has 3 N–H and O–H groups in total. The second-order valence-corrected chi connectivity index (χ2v) is 4.65. The molecule has 0 bridgehead atoms. The first kappa shape index (κ1) is 14.4. The standard InChI is InChI=1S/C13H13BrN2O4/c1-18-10-4-2-3-9(14)12(10)20-7-11-8(5-6-19-11)13(17)16-15/h2-6H,7,15H2,1H3,(H,16,17). The summed E-state index contributed by atoms with van der Waals surface area (Å²) in [5, 5.41) is 0. The van der Waals surface area contributed by atoms with Crippen LogP contribution in [0.15, 0.2) is 39.4 Å². The number of hydrazine groups is 1. The topological polar surface area (TPSA) is 86.7 Å². The highest BCUT2D eigenvalue weighted by Gasteiger charge is 2.16. The Bertz CT molecular complexity index is 612. The molecule has 0 radical (unpaired) electrons. The first-order valence-electron chi connectivity index (χ1n) is 5.70. The minimum absolute atomic E-state index is 0.0781. The van der Waals surface area contributed by atoms with Gasteiger partial charge in [-0.3, -0.25) is 10.2 Å². The minimum Gasteiger partial charge on any atom is -0.493 e. The molecule has 7 heteroatoms. The second kappa shape index (κ2) is 6.44. The Balaban J connectivity index is 2.18. The predicted octanol–water partition coefficient (Wildman–Crippen LogP) is 2.23. The number of hydrogen-bond donors (Lipinski definition) is 2. The highest BCUT2D eigenvalue weighted by Crippen LogP contribution is 2.35. The van der Waals surface area contributed by atoms with Gasteiger partial charge in [0.05, 0.1) is 23.4 Å². The smallest absolute Gasteiger partial charge is 0.268 e. The van der Waals surface area contributed by atoms with E-state index >= 15 is 0 Å². The lowest BCUT2D eigenvalue weighted by Gasteiger charge is -2.11. The molecule has 20 heavy (non-hydrogen) atoms. The maximum atomic E-state index is 11.5. The van der Waals surface area contributed by atoms with Crippen molar-refractivity contribution in [3.05, 3.63) is 46.3 Å². The van der Waals surface area contributed by atoms with Crippen molar-refractivity contribution in [3.8, 4) is 11.5 Å². The number of carbonyl (C=O) groups excluding carboxylic acids is 1. The van der Waals surface area contributed by atoms with E-state index in [1.165, 1.54) is 12.3 Å². The van der Waals surface area contributed by atoms with E-state index in [1.54, 1.807) is 13.2 Å². The number of carbonyl (C=O) groups is 1. The molecule has 2 rings (SSSR count). The summed E-state index contributed by atoms with van der Waals surface area (Å²) in [4.78, 5) is 11.5. The summed E-state index contributed by atoms with van der Waals surface area (Å²) in [7, 11) is 1.55. The van der Waals surface area contributed by atoms with Crippen molar-refractivity contribution in [1.82, 2.24) is 5.43 Å². The number of furan rings is 1. The van der Waals surface area contributed by atoms with Crippen LogP contribution >= 0.6 is 15.9 Å². The van der Waals surface area contributed by atoms with E-state index in [4.69, 9.17) is 19.7 Å². The molecular weight excluding hydrogens is 328 g/mol. The molecule has 0 aliphatic carbocycles. The molecule has 0 fully saturated rings. The normalized spacial score (nSPS) is 10.2. The molecule has 1 aromatic heterocycles. The summed E-state index contributed by atoms with van der Waals surface area (Å²) < 4.78 is 16.8. The van der Waals surface area contributed by atoms with Gasteiger partial charge in [-0.1, -0.05) is 6.07 Å². The van der Waals surface area contributed by atoms with Crippen LogP contribution in [0.4, 0.5) is 0 Å². The highest BCUT2D eigenvalue weighted by atomic mass is 79.9. The number of para-hydroxylation sites is 1. The number of ether oxygens (including phenoxy) is 2. The van der Waals surface area contributed by atoms with Crippen molar-refractivity contribution in [2.75, 3.05) is 7.11 Å². The summed E-state index contributed by atoms with van der Waals surface area (Å²) in [6, 6.07) is 6.96. The first-order chi connectivity index (χ1) is 9.67. The fraction of sp³-hybridized carbons (Fsp3) is 0.154. The summed E-state index contributed by atoms with van der Waals surface area (Å²) in [5.74, 6) is 6.16. The Kier molecular flexibility index (Phi) is 4.65. The van der Waals surface area contributed by atoms with Crippen molar-refractivity contribution < 1.29 is 18.7 Å². The van der Waals surface area contributed by atoms with Crippen LogP contribution in [0.2, 0.25) is 0 Å². The number of amides is 1. The SMILES string of the molecule is COc1cccc(Br)c1OCc1occc1C(=O)NN. The fourth-order valence-corrected chi connectivity index (χ4v) is 2.12. The summed E-state index contributed by atoms with van der Waals surface area (Å²) in [5.41, 5.74) is 2.38. The quantitative estimate of drug-likeness (QED) is 0.495. The molecule has 106 valence electrons. The molecule has 0 aliphatic heterocycles. The third-order valence-electron chi connectivity index (χ3n) is 2.62. The number of nitrogen functional groups attached to an aromatic ring is 1. The molecule has 0 unspecified atom stereocenters. The van der Waals surface area contributed by atoms with Crippen molar-refractivity contribution in [2.24, 2.45) is 5.84 Å². The lowest BCUT2D eigenvalue weighted by molar-refractivity contribution is 0.0949. The van der Waals surface area contributed by atoms with E-state index in [-0.39, 0.29) is 6.61 Å². The van der Waals surface area contributed by atoms with Crippen LogP contribution in [-0.4, -0.2) is 13.0 Å². The van der Waals surface area contributed by atoms with E-state index in [0.717, 1.165) is 4.47 Å².